The molecular formula is C20H24N4O2S. The molecule has 1 saturated carbocycles. The van der Waals surface area contributed by atoms with Crippen molar-refractivity contribution in [3.63, 3.8) is 0 Å². The van der Waals surface area contributed by atoms with Crippen LogP contribution in [0.1, 0.15) is 31.7 Å². The van der Waals surface area contributed by atoms with Gasteiger partial charge in [-0.3, -0.25) is 9.78 Å². The summed E-state index contributed by atoms with van der Waals surface area (Å²) in [7, 11) is 0. The maximum absolute atomic E-state index is 12.5. The van der Waals surface area contributed by atoms with Crippen molar-refractivity contribution in [2.24, 2.45) is 5.41 Å². The maximum atomic E-state index is 12.5. The number of rotatable bonds is 4. The SMILES string of the molecule is CC(=O)N(Cc1ccsc1)[C@H]1CC12CCN(C(=O)Nc1ccncc1)CC2. The minimum absolute atomic E-state index is 0.0602. The molecule has 2 aliphatic rings. The fourth-order valence-electron chi connectivity index (χ4n) is 4.12. The Morgan fingerprint density at radius 3 is 2.67 bits per heavy atom. The first-order chi connectivity index (χ1) is 13.1. The van der Waals surface area contributed by atoms with E-state index in [1.54, 1.807) is 42.8 Å². The first-order valence-corrected chi connectivity index (χ1v) is 10.3. The van der Waals surface area contributed by atoms with E-state index in [1.807, 2.05) is 9.80 Å². The zero-order valence-electron chi connectivity index (χ0n) is 15.4. The number of piperidine rings is 1. The van der Waals surface area contributed by atoms with Gasteiger partial charge in [0.15, 0.2) is 0 Å². The van der Waals surface area contributed by atoms with Crippen LogP contribution in [0.25, 0.3) is 0 Å². The van der Waals surface area contributed by atoms with E-state index >= 15 is 0 Å². The van der Waals surface area contributed by atoms with Gasteiger partial charge < -0.3 is 15.1 Å². The highest BCUT2D eigenvalue weighted by atomic mass is 32.1. The highest BCUT2D eigenvalue weighted by Crippen LogP contribution is 2.57. The second-order valence-electron chi connectivity index (χ2n) is 7.51. The Bertz CT molecular complexity index is 801. The van der Waals surface area contributed by atoms with E-state index in [0.29, 0.717) is 12.6 Å². The van der Waals surface area contributed by atoms with Gasteiger partial charge >= 0.3 is 6.03 Å². The summed E-state index contributed by atoms with van der Waals surface area (Å²) in [6.45, 7) is 3.82. The van der Waals surface area contributed by atoms with E-state index in [1.165, 1.54) is 5.56 Å². The topological polar surface area (TPSA) is 65.5 Å². The zero-order valence-corrected chi connectivity index (χ0v) is 16.2. The number of nitrogens with one attached hydrogen (secondary N) is 1. The average molecular weight is 385 g/mol. The van der Waals surface area contributed by atoms with E-state index in [2.05, 4.69) is 27.1 Å². The van der Waals surface area contributed by atoms with Gasteiger partial charge in [0, 0.05) is 50.7 Å². The van der Waals surface area contributed by atoms with Crippen molar-refractivity contribution in [1.82, 2.24) is 14.8 Å². The van der Waals surface area contributed by atoms with E-state index in [9.17, 15) is 9.59 Å². The van der Waals surface area contributed by atoms with Crippen molar-refractivity contribution >= 4 is 29.0 Å². The van der Waals surface area contributed by atoms with Gasteiger partial charge in [-0.25, -0.2) is 4.79 Å². The molecule has 142 valence electrons. The molecule has 1 aliphatic heterocycles. The minimum Gasteiger partial charge on any atom is -0.335 e. The van der Waals surface area contributed by atoms with Crippen molar-refractivity contribution in [2.45, 2.75) is 38.8 Å². The summed E-state index contributed by atoms with van der Waals surface area (Å²) in [5, 5.41) is 7.08. The minimum atomic E-state index is -0.0602. The van der Waals surface area contributed by atoms with Gasteiger partial charge in [-0.2, -0.15) is 11.3 Å². The Labute approximate surface area is 163 Å². The summed E-state index contributed by atoms with van der Waals surface area (Å²) in [5.41, 5.74) is 2.15. The van der Waals surface area contributed by atoms with Crippen LogP contribution >= 0.6 is 11.3 Å². The van der Waals surface area contributed by atoms with Gasteiger partial charge in [0.1, 0.15) is 0 Å². The predicted octanol–water partition coefficient (Wildman–Crippen LogP) is 3.58. The van der Waals surface area contributed by atoms with E-state index in [0.717, 1.165) is 38.0 Å². The molecule has 1 aliphatic carbocycles. The molecule has 3 heterocycles. The molecule has 0 bridgehead atoms. The summed E-state index contributed by atoms with van der Waals surface area (Å²) >= 11 is 1.66. The van der Waals surface area contributed by atoms with Crippen LogP contribution in [-0.2, 0) is 11.3 Å². The number of nitrogens with zero attached hydrogens (tertiary/aromatic N) is 3. The lowest BCUT2D eigenvalue weighted by atomic mass is 9.92. The Balaban J connectivity index is 1.33. The molecule has 6 nitrogen and oxygen atoms in total. The summed E-state index contributed by atoms with van der Waals surface area (Å²) in [6.07, 6.45) is 6.29. The van der Waals surface area contributed by atoms with Crippen molar-refractivity contribution in [2.75, 3.05) is 18.4 Å². The molecule has 0 radical (unpaired) electrons. The van der Waals surface area contributed by atoms with E-state index in [-0.39, 0.29) is 17.4 Å². The lowest BCUT2D eigenvalue weighted by Crippen LogP contribution is -2.44. The number of carbonyl (C=O) groups excluding carboxylic acids is 2. The fraction of sp³-hybridized carbons (Fsp3) is 0.450. The third kappa shape index (κ3) is 3.83. The highest BCUT2D eigenvalue weighted by molar-refractivity contribution is 7.07. The molecule has 0 unspecified atom stereocenters. The van der Waals surface area contributed by atoms with Crippen LogP contribution in [0.2, 0.25) is 0 Å². The quantitative estimate of drug-likeness (QED) is 0.876. The normalized spacial score (nSPS) is 20.3. The zero-order chi connectivity index (χ0) is 18.9. The molecule has 2 fully saturated rings. The molecule has 27 heavy (non-hydrogen) atoms. The number of carbonyl (C=O) groups is 2. The second-order valence-corrected chi connectivity index (χ2v) is 8.29. The highest BCUT2D eigenvalue weighted by Gasteiger charge is 2.58. The fourth-order valence-corrected chi connectivity index (χ4v) is 4.78. The summed E-state index contributed by atoms with van der Waals surface area (Å²) in [5.74, 6) is 0.140. The lowest BCUT2D eigenvalue weighted by molar-refractivity contribution is -0.130. The Hall–Kier alpha value is -2.41. The van der Waals surface area contributed by atoms with Crippen LogP contribution in [0.3, 0.4) is 0 Å². The number of hydrogen-bond acceptors (Lipinski definition) is 4. The molecule has 1 spiro atoms. The molecule has 0 aromatic carbocycles. The number of amides is 3. The van der Waals surface area contributed by atoms with Crippen molar-refractivity contribution in [3.8, 4) is 0 Å². The van der Waals surface area contributed by atoms with E-state index in [4.69, 9.17) is 0 Å². The summed E-state index contributed by atoms with van der Waals surface area (Å²) in [6, 6.07) is 5.90. The lowest BCUT2D eigenvalue weighted by Gasteiger charge is -2.34. The van der Waals surface area contributed by atoms with Gasteiger partial charge in [-0.05, 0) is 59.2 Å². The van der Waals surface area contributed by atoms with Crippen LogP contribution in [0.15, 0.2) is 41.4 Å². The number of pyridine rings is 1. The molecular weight excluding hydrogens is 360 g/mol. The van der Waals surface area contributed by atoms with Crippen LogP contribution in [-0.4, -0.2) is 45.9 Å². The van der Waals surface area contributed by atoms with Gasteiger partial charge in [-0.15, -0.1) is 0 Å². The molecule has 1 atom stereocenters. The van der Waals surface area contributed by atoms with Gasteiger partial charge in [0.05, 0.1) is 0 Å². The van der Waals surface area contributed by atoms with Crippen molar-refractivity contribution < 1.29 is 9.59 Å². The molecule has 3 amide bonds. The second kappa shape index (κ2) is 7.31. The largest absolute Gasteiger partial charge is 0.335 e. The number of likely N-dealkylation sites (tertiary alicyclic amines) is 1. The smallest absolute Gasteiger partial charge is 0.321 e. The average Bonchev–Trinajstić information content (AvgIpc) is 3.10. The first kappa shape index (κ1) is 18.0. The number of hydrogen-bond donors (Lipinski definition) is 1. The number of anilines is 1. The van der Waals surface area contributed by atoms with Crippen LogP contribution in [0, 0.1) is 5.41 Å². The Morgan fingerprint density at radius 2 is 2.04 bits per heavy atom. The molecule has 1 saturated heterocycles. The van der Waals surface area contributed by atoms with Gasteiger partial charge in [0.25, 0.3) is 0 Å². The molecule has 1 N–H and O–H groups in total. The third-order valence-corrected chi connectivity index (χ3v) is 6.57. The maximum Gasteiger partial charge on any atom is 0.321 e. The third-order valence-electron chi connectivity index (χ3n) is 5.84. The number of urea groups is 1. The van der Waals surface area contributed by atoms with E-state index < -0.39 is 0 Å². The standard InChI is InChI=1S/C20H24N4O2S/c1-15(25)24(13-16-4-11-27-14-16)18-12-20(18)5-9-23(10-6-20)19(26)22-17-2-7-21-8-3-17/h2-4,7-8,11,14,18H,5-6,9-10,12-13H2,1H3,(H,21,22,26)/t18-/m0/s1. The van der Waals surface area contributed by atoms with Crippen molar-refractivity contribution in [1.29, 1.82) is 0 Å². The van der Waals surface area contributed by atoms with Crippen LogP contribution in [0.4, 0.5) is 10.5 Å². The molecule has 4 rings (SSSR count). The number of aromatic nitrogens is 1. The molecule has 2 aromatic heterocycles. The van der Waals surface area contributed by atoms with Crippen LogP contribution in [0.5, 0.6) is 0 Å². The Morgan fingerprint density at radius 1 is 1.30 bits per heavy atom. The predicted molar refractivity (Wildman–Crippen MR) is 105 cm³/mol. The van der Waals surface area contributed by atoms with Crippen LogP contribution < -0.4 is 5.32 Å². The molecule has 7 heteroatoms. The summed E-state index contributed by atoms with van der Waals surface area (Å²) in [4.78, 5) is 32.5. The summed E-state index contributed by atoms with van der Waals surface area (Å²) < 4.78 is 0. The van der Waals surface area contributed by atoms with Gasteiger partial charge in [-0.1, -0.05) is 0 Å². The Kier molecular flexibility index (Phi) is 4.86. The number of thiophene rings is 1. The monoisotopic (exact) mass is 384 g/mol. The first-order valence-electron chi connectivity index (χ1n) is 9.32. The molecule has 2 aromatic rings. The van der Waals surface area contributed by atoms with Gasteiger partial charge in [0.2, 0.25) is 5.91 Å². The van der Waals surface area contributed by atoms with Crippen molar-refractivity contribution in [3.05, 3.63) is 46.9 Å².